The van der Waals surface area contributed by atoms with Gasteiger partial charge in [-0.3, -0.25) is 0 Å². The van der Waals surface area contributed by atoms with Crippen LogP contribution in [0, 0.1) is 0 Å². The van der Waals surface area contributed by atoms with Crippen molar-refractivity contribution in [3.05, 3.63) is 16.1 Å². The van der Waals surface area contributed by atoms with Gasteiger partial charge in [0, 0.05) is 12.1 Å². The van der Waals surface area contributed by atoms with Gasteiger partial charge in [-0.1, -0.05) is 13.8 Å². The van der Waals surface area contributed by atoms with Crippen LogP contribution in [0.5, 0.6) is 0 Å². The number of rotatable bonds is 3. The molecule has 68 valence electrons. The first kappa shape index (κ1) is 9.64. The summed E-state index contributed by atoms with van der Waals surface area (Å²) < 4.78 is 0. The quantitative estimate of drug-likeness (QED) is 0.749. The minimum absolute atomic E-state index is 0.236. The number of aromatic nitrogens is 1. The molecular weight excluding hydrogens is 174 g/mol. The lowest BCUT2D eigenvalue weighted by Gasteiger charge is -2.01. The van der Waals surface area contributed by atoms with Crippen LogP contribution in [0.4, 0.5) is 0 Å². The highest BCUT2D eigenvalue weighted by Gasteiger charge is 2.11. The lowest BCUT2D eigenvalue weighted by atomic mass is 10.2. The van der Waals surface area contributed by atoms with E-state index in [-0.39, 0.29) is 6.61 Å². The molecule has 1 aromatic heterocycles. The first-order chi connectivity index (χ1) is 5.65. The fourth-order valence-electron chi connectivity index (χ4n) is 0.812. The van der Waals surface area contributed by atoms with Gasteiger partial charge in [0.05, 0.1) is 16.5 Å². The van der Waals surface area contributed by atoms with Crippen LogP contribution >= 0.6 is 11.3 Å². The SMILES string of the molecule is CC(C)c1ncc(C(O)CO)s1. The van der Waals surface area contributed by atoms with Crippen LogP contribution < -0.4 is 0 Å². The van der Waals surface area contributed by atoms with Gasteiger partial charge in [0.25, 0.3) is 0 Å². The Hall–Kier alpha value is -0.450. The number of nitrogens with zero attached hydrogens (tertiary/aromatic N) is 1. The van der Waals surface area contributed by atoms with Crippen LogP contribution in [-0.2, 0) is 0 Å². The molecule has 0 aliphatic rings. The van der Waals surface area contributed by atoms with Gasteiger partial charge in [0.15, 0.2) is 0 Å². The topological polar surface area (TPSA) is 53.4 Å². The molecule has 0 fully saturated rings. The van der Waals surface area contributed by atoms with Crippen molar-refractivity contribution in [3.63, 3.8) is 0 Å². The summed E-state index contributed by atoms with van der Waals surface area (Å²) in [5, 5.41) is 18.9. The van der Waals surface area contributed by atoms with Crippen LogP contribution in [0.3, 0.4) is 0 Å². The Morgan fingerprint density at radius 3 is 2.67 bits per heavy atom. The van der Waals surface area contributed by atoms with Gasteiger partial charge in [-0.15, -0.1) is 11.3 Å². The van der Waals surface area contributed by atoms with Crippen LogP contribution in [0.25, 0.3) is 0 Å². The molecule has 0 aliphatic heterocycles. The van der Waals surface area contributed by atoms with Gasteiger partial charge in [-0.2, -0.15) is 0 Å². The molecule has 2 N–H and O–H groups in total. The molecule has 1 unspecified atom stereocenters. The predicted molar refractivity (Wildman–Crippen MR) is 48.2 cm³/mol. The second kappa shape index (κ2) is 3.98. The third-order valence-electron chi connectivity index (χ3n) is 1.54. The monoisotopic (exact) mass is 187 g/mol. The Kier molecular flexibility index (Phi) is 3.20. The van der Waals surface area contributed by atoms with Crippen LogP contribution in [0.2, 0.25) is 0 Å². The largest absolute Gasteiger partial charge is 0.393 e. The lowest BCUT2D eigenvalue weighted by Crippen LogP contribution is -1.98. The first-order valence-corrected chi connectivity index (χ1v) is 4.71. The Morgan fingerprint density at radius 2 is 2.25 bits per heavy atom. The summed E-state index contributed by atoms with van der Waals surface area (Å²) in [6.45, 7) is 3.86. The van der Waals surface area contributed by atoms with E-state index in [9.17, 15) is 5.11 Å². The molecule has 12 heavy (non-hydrogen) atoms. The summed E-state index contributed by atoms with van der Waals surface area (Å²) in [6.07, 6.45) is 0.857. The van der Waals surface area contributed by atoms with Crippen molar-refractivity contribution in [2.24, 2.45) is 0 Å². The molecule has 0 aliphatic carbocycles. The predicted octanol–water partition coefficient (Wildman–Crippen LogP) is 1.29. The minimum atomic E-state index is -0.769. The molecule has 1 heterocycles. The van der Waals surface area contributed by atoms with Crippen molar-refractivity contribution in [2.75, 3.05) is 6.61 Å². The van der Waals surface area contributed by atoms with E-state index in [1.807, 2.05) is 13.8 Å². The van der Waals surface area contributed by atoms with Crippen molar-refractivity contribution in [1.82, 2.24) is 4.98 Å². The molecule has 1 rings (SSSR count). The second-order valence-electron chi connectivity index (χ2n) is 2.95. The molecule has 0 bridgehead atoms. The smallest absolute Gasteiger partial charge is 0.113 e. The van der Waals surface area contributed by atoms with Crippen molar-refractivity contribution in [1.29, 1.82) is 0 Å². The standard InChI is InChI=1S/C8H13NO2S/c1-5(2)8-9-3-7(12-8)6(11)4-10/h3,5-6,10-11H,4H2,1-2H3. The van der Waals surface area contributed by atoms with Crippen molar-refractivity contribution in [2.45, 2.75) is 25.9 Å². The summed E-state index contributed by atoms with van der Waals surface area (Å²) in [6, 6.07) is 0. The van der Waals surface area contributed by atoms with Crippen LogP contribution in [0.1, 0.15) is 35.8 Å². The Labute approximate surface area is 75.7 Å². The zero-order valence-corrected chi connectivity index (χ0v) is 8.01. The average molecular weight is 187 g/mol. The Morgan fingerprint density at radius 1 is 1.58 bits per heavy atom. The molecule has 0 radical (unpaired) electrons. The van der Waals surface area contributed by atoms with E-state index in [0.717, 1.165) is 9.88 Å². The molecule has 1 atom stereocenters. The fraction of sp³-hybridized carbons (Fsp3) is 0.625. The molecule has 1 aromatic rings. The fourth-order valence-corrected chi connectivity index (χ4v) is 1.71. The van der Waals surface area contributed by atoms with Crippen molar-refractivity contribution >= 4 is 11.3 Å². The number of aliphatic hydroxyl groups excluding tert-OH is 2. The maximum atomic E-state index is 9.24. The van der Waals surface area contributed by atoms with Gasteiger partial charge < -0.3 is 10.2 Å². The van der Waals surface area contributed by atoms with E-state index in [1.165, 1.54) is 11.3 Å². The third kappa shape index (κ3) is 2.03. The van der Waals surface area contributed by atoms with E-state index in [0.29, 0.717) is 5.92 Å². The normalized spacial score (nSPS) is 13.8. The minimum Gasteiger partial charge on any atom is -0.393 e. The molecule has 0 amide bonds. The van der Waals surface area contributed by atoms with Gasteiger partial charge in [0.2, 0.25) is 0 Å². The molecule has 0 saturated carbocycles. The zero-order valence-electron chi connectivity index (χ0n) is 7.19. The molecular formula is C8H13NO2S. The number of aliphatic hydroxyl groups is 2. The summed E-state index contributed by atoms with van der Waals surface area (Å²) in [4.78, 5) is 4.87. The number of hydrogen-bond acceptors (Lipinski definition) is 4. The molecule has 0 aromatic carbocycles. The Bertz CT molecular complexity index is 247. The summed E-state index contributed by atoms with van der Waals surface area (Å²) in [7, 11) is 0. The average Bonchev–Trinajstić information content (AvgIpc) is 2.51. The van der Waals surface area contributed by atoms with Gasteiger partial charge in [-0.05, 0) is 0 Å². The number of hydrogen-bond donors (Lipinski definition) is 2. The lowest BCUT2D eigenvalue weighted by molar-refractivity contribution is 0.0982. The summed E-state index contributed by atoms with van der Waals surface area (Å²) >= 11 is 1.45. The van der Waals surface area contributed by atoms with Crippen LogP contribution in [0.15, 0.2) is 6.20 Å². The van der Waals surface area contributed by atoms with E-state index < -0.39 is 6.10 Å². The molecule has 0 saturated heterocycles. The van der Waals surface area contributed by atoms with E-state index in [4.69, 9.17) is 5.11 Å². The maximum Gasteiger partial charge on any atom is 0.113 e. The van der Waals surface area contributed by atoms with E-state index in [1.54, 1.807) is 6.20 Å². The summed E-state index contributed by atoms with van der Waals surface area (Å²) in [5.74, 6) is 0.384. The number of thiazole rings is 1. The third-order valence-corrected chi connectivity index (χ3v) is 2.94. The highest BCUT2D eigenvalue weighted by molar-refractivity contribution is 7.11. The van der Waals surface area contributed by atoms with Gasteiger partial charge in [-0.25, -0.2) is 4.98 Å². The molecule has 4 heteroatoms. The van der Waals surface area contributed by atoms with Gasteiger partial charge >= 0.3 is 0 Å². The zero-order chi connectivity index (χ0) is 9.14. The van der Waals surface area contributed by atoms with Crippen molar-refractivity contribution < 1.29 is 10.2 Å². The second-order valence-corrected chi connectivity index (χ2v) is 4.05. The van der Waals surface area contributed by atoms with Crippen LogP contribution in [-0.4, -0.2) is 21.8 Å². The first-order valence-electron chi connectivity index (χ1n) is 3.89. The van der Waals surface area contributed by atoms with Gasteiger partial charge in [0.1, 0.15) is 6.10 Å². The maximum absolute atomic E-state index is 9.24. The molecule has 0 spiro atoms. The molecule has 3 nitrogen and oxygen atoms in total. The van der Waals surface area contributed by atoms with E-state index in [2.05, 4.69) is 4.98 Å². The highest BCUT2D eigenvalue weighted by atomic mass is 32.1. The van der Waals surface area contributed by atoms with E-state index >= 15 is 0 Å². The Balaban J connectivity index is 2.77. The van der Waals surface area contributed by atoms with Crippen molar-refractivity contribution in [3.8, 4) is 0 Å². The highest BCUT2D eigenvalue weighted by Crippen LogP contribution is 2.25. The summed E-state index contributed by atoms with van der Waals surface area (Å²) in [5.41, 5.74) is 0.